The molecule has 0 saturated heterocycles. The highest BCUT2D eigenvalue weighted by Gasteiger charge is 2.17. The number of hydrogen-bond acceptors (Lipinski definition) is 3. The number of nitrogens with zero attached hydrogens (tertiary/aromatic N) is 1. The van der Waals surface area contributed by atoms with Gasteiger partial charge in [0, 0.05) is 20.0 Å². The lowest BCUT2D eigenvalue weighted by Gasteiger charge is -2.19. The Morgan fingerprint density at radius 2 is 2.00 bits per heavy atom. The summed E-state index contributed by atoms with van der Waals surface area (Å²) in [4.78, 5) is 24.3. The van der Waals surface area contributed by atoms with Crippen molar-refractivity contribution in [3.63, 3.8) is 0 Å². The van der Waals surface area contributed by atoms with Gasteiger partial charge in [0.05, 0.1) is 11.3 Å². The van der Waals surface area contributed by atoms with Crippen molar-refractivity contribution in [2.75, 3.05) is 25.0 Å². The number of carbonyl (C=O) groups excluding carboxylic acids is 1. The fourth-order valence-electron chi connectivity index (χ4n) is 1.62. The van der Waals surface area contributed by atoms with Gasteiger partial charge in [-0.25, -0.2) is 4.79 Å². The standard InChI is InChI=1S/C13H18N2O3/c1-3-14-9-8-12(16)15(2)11-7-5-4-6-10(11)13(17)18/h4-7,14H,3,8-9H2,1-2H3,(H,17,18). The zero-order valence-corrected chi connectivity index (χ0v) is 10.6. The number of para-hydroxylation sites is 1. The minimum atomic E-state index is -1.03. The second kappa shape index (κ2) is 6.76. The minimum Gasteiger partial charge on any atom is -0.478 e. The molecule has 0 aromatic heterocycles. The Morgan fingerprint density at radius 3 is 2.61 bits per heavy atom. The van der Waals surface area contributed by atoms with E-state index >= 15 is 0 Å². The Kier molecular flexibility index (Phi) is 5.32. The molecule has 98 valence electrons. The molecule has 1 amide bonds. The van der Waals surface area contributed by atoms with Crippen molar-refractivity contribution in [2.24, 2.45) is 0 Å². The van der Waals surface area contributed by atoms with Gasteiger partial charge in [0.25, 0.3) is 0 Å². The Morgan fingerprint density at radius 1 is 1.33 bits per heavy atom. The Bertz CT molecular complexity index is 432. The molecule has 0 saturated carbocycles. The fourth-order valence-corrected chi connectivity index (χ4v) is 1.62. The van der Waals surface area contributed by atoms with E-state index in [0.717, 1.165) is 6.54 Å². The van der Waals surface area contributed by atoms with E-state index in [1.807, 2.05) is 6.92 Å². The number of carbonyl (C=O) groups is 2. The molecule has 0 unspecified atom stereocenters. The van der Waals surface area contributed by atoms with Crippen LogP contribution in [0.3, 0.4) is 0 Å². The number of hydrogen-bond donors (Lipinski definition) is 2. The van der Waals surface area contributed by atoms with Crippen molar-refractivity contribution < 1.29 is 14.7 Å². The van der Waals surface area contributed by atoms with Gasteiger partial charge >= 0.3 is 5.97 Å². The SMILES string of the molecule is CCNCCC(=O)N(C)c1ccccc1C(=O)O. The first-order valence-electron chi connectivity index (χ1n) is 5.87. The predicted molar refractivity (Wildman–Crippen MR) is 70.0 cm³/mol. The predicted octanol–water partition coefficient (Wildman–Crippen LogP) is 1.35. The lowest BCUT2D eigenvalue weighted by molar-refractivity contribution is -0.118. The van der Waals surface area contributed by atoms with Gasteiger partial charge < -0.3 is 15.3 Å². The summed E-state index contributed by atoms with van der Waals surface area (Å²) in [6.07, 6.45) is 0.346. The number of amides is 1. The first-order chi connectivity index (χ1) is 8.57. The monoisotopic (exact) mass is 250 g/mol. The van der Waals surface area contributed by atoms with Crippen LogP contribution in [0, 0.1) is 0 Å². The summed E-state index contributed by atoms with van der Waals surface area (Å²) in [7, 11) is 1.59. The lowest BCUT2D eigenvalue weighted by Crippen LogP contribution is -2.30. The maximum Gasteiger partial charge on any atom is 0.337 e. The van der Waals surface area contributed by atoms with E-state index in [-0.39, 0.29) is 11.5 Å². The lowest BCUT2D eigenvalue weighted by atomic mass is 10.1. The van der Waals surface area contributed by atoms with Crippen LogP contribution in [0.5, 0.6) is 0 Å². The summed E-state index contributed by atoms with van der Waals surface area (Å²) >= 11 is 0. The molecule has 0 fully saturated rings. The number of rotatable bonds is 6. The Labute approximate surface area is 106 Å². The van der Waals surface area contributed by atoms with E-state index in [0.29, 0.717) is 18.7 Å². The molecule has 0 radical (unpaired) electrons. The number of nitrogens with one attached hydrogen (secondary N) is 1. The number of aromatic carboxylic acids is 1. The highest BCUT2D eigenvalue weighted by atomic mass is 16.4. The molecule has 0 aliphatic rings. The summed E-state index contributed by atoms with van der Waals surface area (Å²) in [6.45, 7) is 3.37. The van der Waals surface area contributed by atoms with Crippen LogP contribution >= 0.6 is 0 Å². The molecule has 5 nitrogen and oxygen atoms in total. The van der Waals surface area contributed by atoms with Gasteiger partial charge in [0.2, 0.25) is 5.91 Å². The zero-order chi connectivity index (χ0) is 13.5. The van der Waals surface area contributed by atoms with E-state index < -0.39 is 5.97 Å². The van der Waals surface area contributed by atoms with Crippen molar-refractivity contribution >= 4 is 17.6 Å². The second-order valence-corrected chi connectivity index (χ2v) is 3.88. The van der Waals surface area contributed by atoms with Gasteiger partial charge in [-0.2, -0.15) is 0 Å². The maximum absolute atomic E-state index is 11.9. The van der Waals surface area contributed by atoms with Gasteiger partial charge in [0.1, 0.15) is 0 Å². The van der Waals surface area contributed by atoms with Crippen LogP contribution in [-0.2, 0) is 4.79 Å². The van der Waals surface area contributed by atoms with Crippen LogP contribution in [0.25, 0.3) is 0 Å². The molecule has 0 spiro atoms. The smallest absolute Gasteiger partial charge is 0.337 e. The van der Waals surface area contributed by atoms with Gasteiger partial charge in [-0.15, -0.1) is 0 Å². The van der Waals surface area contributed by atoms with Gasteiger partial charge in [-0.3, -0.25) is 4.79 Å². The third-order valence-electron chi connectivity index (χ3n) is 2.64. The van der Waals surface area contributed by atoms with Crippen LogP contribution in [0.15, 0.2) is 24.3 Å². The maximum atomic E-state index is 11.9. The van der Waals surface area contributed by atoms with Crippen molar-refractivity contribution in [1.29, 1.82) is 0 Å². The number of carboxylic acids is 1. The number of carboxylic acid groups (broad SMARTS) is 1. The van der Waals surface area contributed by atoms with E-state index in [1.54, 1.807) is 25.2 Å². The average Bonchev–Trinajstić information content (AvgIpc) is 2.38. The molecule has 2 N–H and O–H groups in total. The summed E-state index contributed by atoms with van der Waals surface area (Å²) in [5.74, 6) is -1.14. The fraction of sp³-hybridized carbons (Fsp3) is 0.385. The first kappa shape index (κ1) is 14.2. The Balaban J connectivity index is 2.80. The summed E-state index contributed by atoms with van der Waals surface area (Å²) in [6, 6.07) is 6.49. The molecule has 0 aliphatic carbocycles. The molecule has 1 aromatic rings. The highest BCUT2D eigenvalue weighted by Crippen LogP contribution is 2.19. The molecular formula is C13H18N2O3. The summed E-state index contributed by atoms with van der Waals surface area (Å²) in [5, 5.41) is 12.1. The van der Waals surface area contributed by atoms with Gasteiger partial charge in [-0.05, 0) is 18.7 Å². The van der Waals surface area contributed by atoms with E-state index in [2.05, 4.69) is 5.32 Å². The molecule has 0 bridgehead atoms. The molecule has 0 aliphatic heterocycles. The van der Waals surface area contributed by atoms with Crippen molar-refractivity contribution in [3.8, 4) is 0 Å². The van der Waals surface area contributed by atoms with Crippen molar-refractivity contribution in [3.05, 3.63) is 29.8 Å². The Hall–Kier alpha value is -1.88. The number of benzene rings is 1. The second-order valence-electron chi connectivity index (χ2n) is 3.88. The van der Waals surface area contributed by atoms with Crippen molar-refractivity contribution in [2.45, 2.75) is 13.3 Å². The summed E-state index contributed by atoms with van der Waals surface area (Å²) < 4.78 is 0. The minimum absolute atomic E-state index is 0.107. The topological polar surface area (TPSA) is 69.6 Å². The van der Waals surface area contributed by atoms with E-state index in [1.165, 1.54) is 11.0 Å². The van der Waals surface area contributed by atoms with E-state index in [4.69, 9.17) is 5.11 Å². The molecule has 1 aromatic carbocycles. The van der Waals surface area contributed by atoms with Crippen LogP contribution in [0.1, 0.15) is 23.7 Å². The first-order valence-corrected chi connectivity index (χ1v) is 5.87. The van der Waals surface area contributed by atoms with Crippen LogP contribution in [0.2, 0.25) is 0 Å². The van der Waals surface area contributed by atoms with Crippen LogP contribution in [-0.4, -0.2) is 37.1 Å². The summed E-state index contributed by atoms with van der Waals surface area (Å²) in [5.41, 5.74) is 0.559. The molecule has 1 rings (SSSR count). The normalized spacial score (nSPS) is 10.1. The van der Waals surface area contributed by atoms with Gasteiger partial charge in [-0.1, -0.05) is 19.1 Å². The zero-order valence-electron chi connectivity index (χ0n) is 10.6. The van der Waals surface area contributed by atoms with Crippen LogP contribution < -0.4 is 10.2 Å². The van der Waals surface area contributed by atoms with E-state index in [9.17, 15) is 9.59 Å². The largest absolute Gasteiger partial charge is 0.478 e. The third-order valence-corrected chi connectivity index (χ3v) is 2.64. The molecule has 18 heavy (non-hydrogen) atoms. The third kappa shape index (κ3) is 3.56. The average molecular weight is 250 g/mol. The highest BCUT2D eigenvalue weighted by molar-refractivity contribution is 6.01. The molecule has 0 heterocycles. The molecule has 0 atom stereocenters. The van der Waals surface area contributed by atoms with Crippen molar-refractivity contribution in [1.82, 2.24) is 5.32 Å². The van der Waals surface area contributed by atoms with Crippen LogP contribution in [0.4, 0.5) is 5.69 Å². The molecular weight excluding hydrogens is 232 g/mol. The van der Waals surface area contributed by atoms with Gasteiger partial charge in [0.15, 0.2) is 0 Å². The molecule has 5 heteroatoms. The quantitative estimate of drug-likeness (QED) is 0.748. The number of anilines is 1.